The van der Waals surface area contributed by atoms with E-state index in [-0.39, 0.29) is 5.91 Å². The molecule has 1 aromatic heterocycles. The molecule has 0 atom stereocenters. The Balaban J connectivity index is 3.02. The van der Waals surface area contributed by atoms with Crippen molar-refractivity contribution in [2.45, 2.75) is 27.2 Å². The molecule has 20 heavy (non-hydrogen) atoms. The Labute approximate surface area is 121 Å². The van der Waals surface area contributed by atoms with E-state index in [1.165, 1.54) is 0 Å². The van der Waals surface area contributed by atoms with Gasteiger partial charge in [0.2, 0.25) is 5.91 Å². The van der Waals surface area contributed by atoms with Gasteiger partial charge in [0.15, 0.2) is 0 Å². The highest BCUT2D eigenvalue weighted by Gasteiger charge is 2.17. The lowest BCUT2D eigenvalue weighted by Gasteiger charge is -2.26. The third kappa shape index (κ3) is 4.08. The normalized spacial score (nSPS) is 10.2. The molecule has 0 unspecified atom stereocenters. The Morgan fingerprint density at radius 1 is 1.30 bits per heavy atom. The van der Waals surface area contributed by atoms with E-state index >= 15 is 0 Å². The molecule has 0 aliphatic rings. The maximum Gasteiger partial charge on any atom is 0.241 e. The van der Waals surface area contributed by atoms with Crippen LogP contribution in [0.15, 0.2) is 6.33 Å². The summed E-state index contributed by atoms with van der Waals surface area (Å²) in [7, 11) is 3.53. The molecule has 6 heteroatoms. The first-order chi connectivity index (χ1) is 9.51. The third-order valence-corrected chi connectivity index (χ3v) is 3.02. The topological polar surface area (TPSA) is 61.4 Å². The largest absolute Gasteiger partial charge is 0.370 e. The van der Waals surface area contributed by atoms with Crippen LogP contribution in [0.4, 0.5) is 11.6 Å². The highest BCUT2D eigenvalue weighted by atomic mass is 16.2. The number of amides is 1. The fourth-order valence-corrected chi connectivity index (χ4v) is 1.94. The summed E-state index contributed by atoms with van der Waals surface area (Å²) in [6.07, 6.45) is 2.50. The minimum atomic E-state index is 0.0708. The molecule has 0 aliphatic carbocycles. The van der Waals surface area contributed by atoms with Crippen LogP contribution >= 0.6 is 0 Å². The smallest absolute Gasteiger partial charge is 0.241 e. The number of nitrogens with one attached hydrogen (secondary N) is 1. The predicted molar refractivity (Wildman–Crippen MR) is 82.1 cm³/mol. The molecule has 1 N–H and O–H groups in total. The maximum atomic E-state index is 11.9. The number of nitrogens with zero attached hydrogens (tertiary/aromatic N) is 4. The molecule has 0 spiro atoms. The number of rotatable bonds is 7. The average molecular weight is 279 g/mol. The van der Waals surface area contributed by atoms with E-state index in [1.54, 1.807) is 25.3 Å². The monoisotopic (exact) mass is 279 g/mol. The molecule has 0 fully saturated rings. The molecule has 0 bridgehead atoms. The van der Waals surface area contributed by atoms with Crippen molar-refractivity contribution in [3.05, 3.63) is 11.9 Å². The van der Waals surface area contributed by atoms with Crippen molar-refractivity contribution in [1.29, 1.82) is 0 Å². The van der Waals surface area contributed by atoms with E-state index in [9.17, 15) is 4.79 Å². The Morgan fingerprint density at radius 3 is 2.55 bits per heavy atom. The molecule has 1 rings (SSSR count). The number of carbonyl (C=O) groups excluding carboxylic acids is 1. The first kappa shape index (κ1) is 16.2. The van der Waals surface area contributed by atoms with Crippen LogP contribution < -0.4 is 10.2 Å². The van der Waals surface area contributed by atoms with Gasteiger partial charge in [-0.25, -0.2) is 9.97 Å². The van der Waals surface area contributed by atoms with Crippen molar-refractivity contribution in [3.8, 4) is 0 Å². The van der Waals surface area contributed by atoms with Crippen molar-refractivity contribution >= 4 is 17.5 Å². The average Bonchev–Trinajstić information content (AvgIpc) is 2.41. The molecule has 0 radical (unpaired) electrons. The maximum absolute atomic E-state index is 11.9. The van der Waals surface area contributed by atoms with Gasteiger partial charge in [-0.3, -0.25) is 4.79 Å². The zero-order chi connectivity index (χ0) is 15.1. The number of carbonyl (C=O) groups is 1. The summed E-state index contributed by atoms with van der Waals surface area (Å²) in [5, 5.41) is 3.22. The van der Waals surface area contributed by atoms with E-state index in [2.05, 4.69) is 22.2 Å². The van der Waals surface area contributed by atoms with Crippen molar-refractivity contribution in [1.82, 2.24) is 14.9 Å². The van der Waals surface area contributed by atoms with Gasteiger partial charge in [-0.15, -0.1) is 0 Å². The predicted octanol–water partition coefficient (Wildman–Crippen LogP) is 1.52. The number of anilines is 2. The van der Waals surface area contributed by atoms with E-state index in [0.29, 0.717) is 6.54 Å². The van der Waals surface area contributed by atoms with Crippen LogP contribution in [-0.4, -0.2) is 54.5 Å². The summed E-state index contributed by atoms with van der Waals surface area (Å²) in [4.78, 5) is 24.2. The lowest BCUT2D eigenvalue weighted by Crippen LogP contribution is -2.38. The molecule has 112 valence electrons. The SMILES string of the molecule is CCCN(CC(=O)N(C)C)c1ncnc(NCC)c1C. The van der Waals surface area contributed by atoms with Crippen LogP contribution in [-0.2, 0) is 4.79 Å². The summed E-state index contributed by atoms with van der Waals surface area (Å²) in [5.41, 5.74) is 0.981. The Bertz CT molecular complexity index is 447. The fraction of sp³-hybridized carbons (Fsp3) is 0.643. The van der Waals surface area contributed by atoms with Crippen LogP contribution in [0.5, 0.6) is 0 Å². The van der Waals surface area contributed by atoms with Gasteiger partial charge in [-0.05, 0) is 20.3 Å². The standard InChI is InChI=1S/C14H25N5O/c1-6-8-19(9-12(20)18(4)5)14-11(3)13(15-7-2)16-10-17-14/h10H,6-9H2,1-5H3,(H,15,16,17). The minimum Gasteiger partial charge on any atom is -0.370 e. The molecule has 1 heterocycles. The number of aromatic nitrogens is 2. The second kappa shape index (κ2) is 7.67. The van der Waals surface area contributed by atoms with E-state index < -0.39 is 0 Å². The first-order valence-electron chi connectivity index (χ1n) is 7.01. The van der Waals surface area contributed by atoms with E-state index in [0.717, 1.165) is 36.7 Å². The highest BCUT2D eigenvalue weighted by Crippen LogP contribution is 2.22. The lowest BCUT2D eigenvalue weighted by atomic mass is 10.2. The van der Waals surface area contributed by atoms with Crippen molar-refractivity contribution in [3.63, 3.8) is 0 Å². The van der Waals surface area contributed by atoms with Gasteiger partial charge in [-0.2, -0.15) is 0 Å². The van der Waals surface area contributed by atoms with Gasteiger partial charge in [0.1, 0.15) is 18.0 Å². The van der Waals surface area contributed by atoms with Crippen LogP contribution in [0.2, 0.25) is 0 Å². The van der Waals surface area contributed by atoms with Crippen LogP contribution in [0, 0.1) is 6.92 Å². The summed E-state index contributed by atoms with van der Waals surface area (Å²) < 4.78 is 0. The molecule has 6 nitrogen and oxygen atoms in total. The third-order valence-electron chi connectivity index (χ3n) is 3.02. The summed E-state index contributed by atoms with van der Waals surface area (Å²) in [6, 6.07) is 0. The summed E-state index contributed by atoms with van der Waals surface area (Å²) in [6.45, 7) is 8.04. The van der Waals surface area contributed by atoms with Gasteiger partial charge in [-0.1, -0.05) is 6.92 Å². The van der Waals surface area contributed by atoms with E-state index in [4.69, 9.17) is 0 Å². The second-order valence-corrected chi connectivity index (χ2v) is 4.91. The van der Waals surface area contributed by atoms with E-state index in [1.807, 2.05) is 18.7 Å². The Morgan fingerprint density at radius 2 is 2.00 bits per heavy atom. The Hall–Kier alpha value is -1.85. The van der Waals surface area contributed by atoms with Crippen molar-refractivity contribution < 1.29 is 4.79 Å². The zero-order valence-electron chi connectivity index (χ0n) is 13.1. The number of hydrogen-bond donors (Lipinski definition) is 1. The van der Waals surface area contributed by atoms with Crippen molar-refractivity contribution in [2.24, 2.45) is 0 Å². The molecular weight excluding hydrogens is 254 g/mol. The van der Waals surface area contributed by atoms with Crippen LogP contribution in [0.25, 0.3) is 0 Å². The molecule has 1 amide bonds. The van der Waals surface area contributed by atoms with Gasteiger partial charge in [0.05, 0.1) is 6.54 Å². The Kier molecular flexibility index (Phi) is 6.21. The summed E-state index contributed by atoms with van der Waals surface area (Å²) in [5.74, 6) is 1.73. The number of likely N-dealkylation sites (N-methyl/N-ethyl adjacent to an activating group) is 1. The highest BCUT2D eigenvalue weighted by molar-refractivity contribution is 5.81. The molecule has 0 saturated carbocycles. The van der Waals surface area contributed by atoms with Crippen LogP contribution in [0.1, 0.15) is 25.8 Å². The van der Waals surface area contributed by atoms with Gasteiger partial charge in [0.25, 0.3) is 0 Å². The second-order valence-electron chi connectivity index (χ2n) is 4.91. The molecule has 1 aromatic rings. The first-order valence-corrected chi connectivity index (χ1v) is 7.01. The molecule has 0 aliphatic heterocycles. The number of hydrogen-bond acceptors (Lipinski definition) is 5. The van der Waals surface area contributed by atoms with Gasteiger partial charge < -0.3 is 15.1 Å². The van der Waals surface area contributed by atoms with Crippen molar-refractivity contribution in [2.75, 3.05) is 43.9 Å². The van der Waals surface area contributed by atoms with Crippen LogP contribution in [0.3, 0.4) is 0 Å². The fourth-order valence-electron chi connectivity index (χ4n) is 1.94. The minimum absolute atomic E-state index is 0.0708. The quantitative estimate of drug-likeness (QED) is 0.820. The molecule has 0 saturated heterocycles. The molecule has 0 aromatic carbocycles. The summed E-state index contributed by atoms with van der Waals surface area (Å²) >= 11 is 0. The zero-order valence-corrected chi connectivity index (χ0v) is 13.1. The lowest BCUT2D eigenvalue weighted by molar-refractivity contribution is -0.127. The molecular formula is C14H25N5O. The van der Waals surface area contributed by atoms with Gasteiger partial charge in [0, 0.05) is 32.7 Å². The van der Waals surface area contributed by atoms with Gasteiger partial charge >= 0.3 is 0 Å².